The van der Waals surface area contributed by atoms with Crippen LogP contribution in [0.4, 0.5) is 8.78 Å². The summed E-state index contributed by atoms with van der Waals surface area (Å²) in [4.78, 5) is 6.54. The number of hydrogen-bond donors (Lipinski definition) is 2. The number of aliphatic imine (C=N–C) groups is 1. The normalized spacial score (nSPS) is 16.0. The molecule has 158 valence electrons. The summed E-state index contributed by atoms with van der Waals surface area (Å²) in [5.74, 6) is 0.142. The summed E-state index contributed by atoms with van der Waals surface area (Å²) in [5.41, 5.74) is 1.88. The fourth-order valence-electron chi connectivity index (χ4n) is 3.26. The van der Waals surface area contributed by atoms with E-state index >= 15 is 0 Å². The number of nitrogens with one attached hydrogen (secondary N) is 2. The molecule has 0 aliphatic carbocycles. The van der Waals surface area contributed by atoms with E-state index in [1.54, 1.807) is 31.3 Å². The van der Waals surface area contributed by atoms with E-state index in [2.05, 4.69) is 20.5 Å². The van der Waals surface area contributed by atoms with E-state index in [-0.39, 0.29) is 41.7 Å². The predicted octanol–water partition coefficient (Wildman–Crippen LogP) is 3.32. The van der Waals surface area contributed by atoms with E-state index < -0.39 is 0 Å². The molecule has 1 fully saturated rings. The minimum Gasteiger partial charge on any atom is -0.379 e. The lowest BCUT2D eigenvalue weighted by Crippen LogP contribution is -2.46. The van der Waals surface area contributed by atoms with Gasteiger partial charge in [-0.3, -0.25) is 9.89 Å². The van der Waals surface area contributed by atoms with Gasteiger partial charge in [-0.25, -0.2) is 8.78 Å². The second-order valence-corrected chi connectivity index (χ2v) is 6.65. The summed E-state index contributed by atoms with van der Waals surface area (Å²) in [7, 11) is 1.70. The summed E-state index contributed by atoms with van der Waals surface area (Å²) in [6, 6.07) is 13.1. The molecule has 2 N–H and O–H groups in total. The van der Waals surface area contributed by atoms with Crippen molar-refractivity contribution in [2.75, 3.05) is 39.9 Å². The Kier molecular flexibility index (Phi) is 9.75. The van der Waals surface area contributed by atoms with Crippen LogP contribution in [0.1, 0.15) is 17.2 Å². The summed E-state index contributed by atoms with van der Waals surface area (Å²) < 4.78 is 32.3. The highest BCUT2D eigenvalue weighted by Crippen LogP contribution is 2.22. The van der Waals surface area contributed by atoms with Crippen LogP contribution in [0.25, 0.3) is 0 Å². The Morgan fingerprint density at radius 3 is 2.45 bits per heavy atom. The van der Waals surface area contributed by atoms with Crippen LogP contribution in [0.3, 0.4) is 0 Å². The fraction of sp³-hybridized carbons (Fsp3) is 0.381. The summed E-state index contributed by atoms with van der Waals surface area (Å²) in [6.07, 6.45) is 0. The number of rotatable bonds is 6. The van der Waals surface area contributed by atoms with Crippen molar-refractivity contribution in [3.63, 3.8) is 0 Å². The van der Waals surface area contributed by atoms with Crippen LogP contribution in [0.15, 0.2) is 53.5 Å². The number of guanidine groups is 1. The largest absolute Gasteiger partial charge is 0.379 e. The molecule has 3 rings (SSSR count). The summed E-state index contributed by atoms with van der Waals surface area (Å²) in [5, 5.41) is 6.55. The Bertz CT molecular complexity index is 783. The van der Waals surface area contributed by atoms with Crippen LogP contribution >= 0.6 is 24.0 Å². The zero-order chi connectivity index (χ0) is 19.8. The van der Waals surface area contributed by atoms with Crippen LogP contribution in [0.2, 0.25) is 0 Å². The second-order valence-electron chi connectivity index (χ2n) is 6.65. The van der Waals surface area contributed by atoms with Gasteiger partial charge in [0.25, 0.3) is 0 Å². The third-order valence-corrected chi connectivity index (χ3v) is 4.78. The maximum atomic E-state index is 13.8. The Morgan fingerprint density at radius 2 is 1.79 bits per heavy atom. The van der Waals surface area contributed by atoms with Crippen LogP contribution in [0.5, 0.6) is 0 Å². The van der Waals surface area contributed by atoms with Gasteiger partial charge in [0.1, 0.15) is 11.6 Å². The highest BCUT2D eigenvalue weighted by molar-refractivity contribution is 14.0. The SMILES string of the molecule is CN=C(NCc1ccc(F)cc1)NCC(c1cccc(F)c1)N1CCOCC1.I. The fourth-order valence-corrected chi connectivity index (χ4v) is 3.26. The van der Waals surface area contributed by atoms with Crippen molar-refractivity contribution in [3.8, 4) is 0 Å². The molecular weight excluding hydrogens is 489 g/mol. The molecule has 0 spiro atoms. The molecule has 0 radical (unpaired) electrons. The number of halogens is 3. The second kappa shape index (κ2) is 12.0. The number of ether oxygens (including phenoxy) is 1. The van der Waals surface area contributed by atoms with Crippen molar-refractivity contribution in [1.82, 2.24) is 15.5 Å². The zero-order valence-corrected chi connectivity index (χ0v) is 18.7. The zero-order valence-electron chi connectivity index (χ0n) is 16.4. The average Bonchev–Trinajstić information content (AvgIpc) is 2.72. The van der Waals surface area contributed by atoms with E-state index in [4.69, 9.17) is 4.74 Å². The van der Waals surface area contributed by atoms with Gasteiger partial charge in [-0.15, -0.1) is 24.0 Å². The van der Waals surface area contributed by atoms with E-state index in [9.17, 15) is 8.78 Å². The van der Waals surface area contributed by atoms with Gasteiger partial charge in [0.05, 0.1) is 19.3 Å². The predicted molar refractivity (Wildman–Crippen MR) is 122 cm³/mol. The number of morpholine rings is 1. The van der Waals surface area contributed by atoms with E-state index in [0.29, 0.717) is 32.3 Å². The molecule has 2 aromatic rings. The van der Waals surface area contributed by atoms with Crippen LogP contribution in [0, 0.1) is 11.6 Å². The first-order valence-corrected chi connectivity index (χ1v) is 9.42. The van der Waals surface area contributed by atoms with Gasteiger partial charge in [0, 0.05) is 33.2 Å². The van der Waals surface area contributed by atoms with Gasteiger partial charge in [-0.05, 0) is 35.4 Å². The highest BCUT2D eigenvalue weighted by Gasteiger charge is 2.23. The van der Waals surface area contributed by atoms with E-state index in [1.807, 2.05) is 6.07 Å². The third kappa shape index (κ3) is 7.20. The molecule has 1 atom stereocenters. The molecule has 29 heavy (non-hydrogen) atoms. The molecule has 0 aromatic heterocycles. The van der Waals surface area contributed by atoms with Crippen LogP contribution in [-0.2, 0) is 11.3 Å². The number of benzene rings is 2. The highest BCUT2D eigenvalue weighted by atomic mass is 127. The molecule has 0 amide bonds. The molecule has 5 nitrogen and oxygen atoms in total. The molecule has 1 heterocycles. The first kappa shape index (κ1) is 23.5. The Hall–Kier alpha value is -1.78. The number of nitrogens with zero attached hydrogens (tertiary/aromatic N) is 2. The standard InChI is InChI=1S/C21H26F2N4O.HI/c1-24-21(25-14-16-5-7-18(22)8-6-16)26-15-20(27-9-11-28-12-10-27)17-3-2-4-19(23)13-17;/h2-8,13,20H,9-12,14-15H2,1H3,(H2,24,25,26);1H. The van der Waals surface area contributed by atoms with Crippen molar-refractivity contribution in [1.29, 1.82) is 0 Å². The maximum Gasteiger partial charge on any atom is 0.191 e. The van der Waals surface area contributed by atoms with E-state index in [1.165, 1.54) is 18.2 Å². The first-order chi connectivity index (χ1) is 13.7. The average molecular weight is 516 g/mol. The quantitative estimate of drug-likeness (QED) is 0.352. The molecule has 1 aliphatic heterocycles. The molecule has 1 unspecified atom stereocenters. The van der Waals surface area contributed by atoms with Gasteiger partial charge >= 0.3 is 0 Å². The van der Waals surface area contributed by atoms with Crippen LogP contribution < -0.4 is 10.6 Å². The molecule has 1 saturated heterocycles. The molecule has 0 bridgehead atoms. The third-order valence-electron chi connectivity index (χ3n) is 4.78. The molecule has 0 saturated carbocycles. The van der Waals surface area contributed by atoms with Crippen molar-refractivity contribution in [2.24, 2.45) is 4.99 Å². The summed E-state index contributed by atoms with van der Waals surface area (Å²) >= 11 is 0. The van der Waals surface area contributed by atoms with Gasteiger partial charge < -0.3 is 15.4 Å². The van der Waals surface area contributed by atoms with Crippen molar-refractivity contribution in [2.45, 2.75) is 12.6 Å². The van der Waals surface area contributed by atoms with Gasteiger partial charge in [-0.2, -0.15) is 0 Å². The van der Waals surface area contributed by atoms with Crippen molar-refractivity contribution in [3.05, 3.63) is 71.3 Å². The molecule has 1 aliphatic rings. The monoisotopic (exact) mass is 516 g/mol. The first-order valence-electron chi connectivity index (χ1n) is 9.42. The van der Waals surface area contributed by atoms with Gasteiger partial charge in [-0.1, -0.05) is 24.3 Å². The van der Waals surface area contributed by atoms with Crippen molar-refractivity contribution >= 4 is 29.9 Å². The van der Waals surface area contributed by atoms with Crippen molar-refractivity contribution < 1.29 is 13.5 Å². The Morgan fingerprint density at radius 1 is 1.07 bits per heavy atom. The minimum absolute atomic E-state index is 0. The minimum atomic E-state index is -0.255. The molecular formula is C21H27F2IN4O. The lowest BCUT2D eigenvalue weighted by Gasteiger charge is -2.35. The Labute approximate surface area is 187 Å². The van der Waals surface area contributed by atoms with Gasteiger partial charge in [0.15, 0.2) is 5.96 Å². The van der Waals surface area contributed by atoms with E-state index in [0.717, 1.165) is 24.2 Å². The molecule has 8 heteroatoms. The summed E-state index contributed by atoms with van der Waals surface area (Å²) in [6.45, 7) is 4.04. The van der Waals surface area contributed by atoms with Gasteiger partial charge in [0.2, 0.25) is 0 Å². The Balaban J connectivity index is 0.00000300. The molecule has 2 aromatic carbocycles. The lowest BCUT2D eigenvalue weighted by atomic mass is 10.0. The lowest BCUT2D eigenvalue weighted by molar-refractivity contribution is 0.0169. The van der Waals surface area contributed by atoms with Crippen LogP contribution in [-0.4, -0.2) is 50.8 Å². The topological polar surface area (TPSA) is 48.9 Å². The smallest absolute Gasteiger partial charge is 0.191 e. The maximum absolute atomic E-state index is 13.8. The number of hydrogen-bond acceptors (Lipinski definition) is 3.